The molecule has 42 heavy (non-hydrogen) atoms. The van der Waals surface area contributed by atoms with Crippen LogP contribution in [-0.4, -0.2) is 38.9 Å². The Kier molecular flexibility index (Phi) is 9.88. The molecule has 4 aromatic rings. The maximum absolute atomic E-state index is 13.4. The first-order chi connectivity index (χ1) is 20.4. The molecule has 4 aromatic carbocycles. The quantitative estimate of drug-likeness (QED) is 0.171. The van der Waals surface area contributed by atoms with Crippen molar-refractivity contribution in [1.29, 1.82) is 0 Å². The zero-order valence-corrected chi connectivity index (χ0v) is 23.4. The van der Waals surface area contributed by atoms with E-state index in [0.29, 0.717) is 39.6 Å². The number of nitrogens with one attached hydrogen (secondary N) is 2. The number of benzene rings is 4. The van der Waals surface area contributed by atoms with Crippen LogP contribution in [0.5, 0.6) is 17.2 Å². The van der Waals surface area contributed by atoms with E-state index in [9.17, 15) is 14.4 Å². The molecule has 0 bridgehead atoms. The van der Waals surface area contributed by atoms with Gasteiger partial charge in [-0.2, -0.15) is 0 Å². The van der Waals surface area contributed by atoms with E-state index < -0.39 is 11.8 Å². The number of carbonyl (C=O) groups is 3. The lowest BCUT2D eigenvalue weighted by Gasteiger charge is -2.14. The highest BCUT2D eigenvalue weighted by atomic mass is 16.5. The van der Waals surface area contributed by atoms with Gasteiger partial charge in [0.1, 0.15) is 11.4 Å². The molecule has 0 aliphatic rings. The van der Waals surface area contributed by atoms with E-state index in [1.165, 1.54) is 26.4 Å². The molecule has 0 aliphatic carbocycles. The van der Waals surface area contributed by atoms with E-state index in [0.717, 1.165) is 5.56 Å². The highest BCUT2D eigenvalue weighted by molar-refractivity contribution is 6.11. The summed E-state index contributed by atoms with van der Waals surface area (Å²) < 4.78 is 16.1. The largest absolute Gasteiger partial charge is 0.497 e. The number of hydrogen-bond donors (Lipinski definition) is 2. The van der Waals surface area contributed by atoms with Crippen LogP contribution < -0.4 is 24.8 Å². The lowest BCUT2D eigenvalue weighted by Crippen LogP contribution is -2.30. The molecule has 4 rings (SSSR count). The summed E-state index contributed by atoms with van der Waals surface area (Å²) in [6, 6.07) is 27.6. The fourth-order valence-corrected chi connectivity index (χ4v) is 4.05. The molecule has 0 aromatic heterocycles. The molecule has 8 nitrogen and oxygen atoms in total. The third kappa shape index (κ3) is 7.51. The van der Waals surface area contributed by atoms with Crippen molar-refractivity contribution in [2.24, 2.45) is 0 Å². The van der Waals surface area contributed by atoms with Gasteiger partial charge in [0.25, 0.3) is 11.8 Å². The van der Waals surface area contributed by atoms with Crippen LogP contribution in [0.3, 0.4) is 0 Å². The maximum Gasteiger partial charge on any atom is 0.272 e. The molecule has 0 fully saturated rings. The van der Waals surface area contributed by atoms with Crippen LogP contribution in [0, 0.1) is 0 Å². The van der Waals surface area contributed by atoms with Crippen LogP contribution in [0.2, 0.25) is 0 Å². The summed E-state index contributed by atoms with van der Waals surface area (Å²) in [6.07, 6.45) is 4.70. The molecule has 0 saturated heterocycles. The minimum atomic E-state index is -0.568. The number of carbonyl (C=O) groups excluding carboxylic acids is 3. The predicted molar refractivity (Wildman–Crippen MR) is 163 cm³/mol. The van der Waals surface area contributed by atoms with Crippen molar-refractivity contribution in [3.8, 4) is 17.2 Å². The lowest BCUT2D eigenvalue weighted by molar-refractivity contribution is -0.113. The van der Waals surface area contributed by atoms with Gasteiger partial charge >= 0.3 is 0 Å². The Bertz CT molecular complexity index is 1630. The molecule has 0 unspecified atom stereocenters. The summed E-state index contributed by atoms with van der Waals surface area (Å²) >= 11 is 0. The fraction of sp³-hybridized carbons (Fsp3) is 0.0882. The number of rotatable bonds is 11. The normalized spacial score (nSPS) is 11.1. The average Bonchev–Trinajstić information content (AvgIpc) is 3.03. The first-order valence-corrected chi connectivity index (χ1v) is 13.0. The third-order valence-corrected chi connectivity index (χ3v) is 6.21. The van der Waals surface area contributed by atoms with Crippen molar-refractivity contribution in [1.82, 2.24) is 5.32 Å². The molecule has 212 valence electrons. The zero-order chi connectivity index (χ0) is 29.9. The number of anilines is 1. The van der Waals surface area contributed by atoms with Crippen molar-refractivity contribution in [2.45, 2.75) is 0 Å². The summed E-state index contributed by atoms with van der Waals surface area (Å²) in [5.41, 5.74) is 2.61. The topological polar surface area (TPSA) is 103 Å². The molecular weight excluding hydrogens is 532 g/mol. The van der Waals surface area contributed by atoms with Crippen LogP contribution in [0.25, 0.3) is 12.2 Å². The lowest BCUT2D eigenvalue weighted by atomic mass is 10.1. The molecule has 0 radical (unpaired) electrons. The Morgan fingerprint density at radius 3 is 2.14 bits per heavy atom. The second kappa shape index (κ2) is 14.1. The van der Waals surface area contributed by atoms with Gasteiger partial charge in [0, 0.05) is 22.4 Å². The van der Waals surface area contributed by atoms with Gasteiger partial charge in [0.2, 0.25) is 0 Å². The number of ketones is 1. The van der Waals surface area contributed by atoms with Crippen LogP contribution in [0.4, 0.5) is 5.69 Å². The minimum absolute atomic E-state index is 0.0169. The highest BCUT2D eigenvalue weighted by Crippen LogP contribution is 2.32. The first-order valence-electron chi connectivity index (χ1n) is 13.0. The van der Waals surface area contributed by atoms with Crippen molar-refractivity contribution >= 4 is 35.4 Å². The molecule has 0 heterocycles. The maximum atomic E-state index is 13.4. The summed E-state index contributed by atoms with van der Waals surface area (Å²) in [7, 11) is 4.59. The van der Waals surface area contributed by atoms with Crippen molar-refractivity contribution in [3.05, 3.63) is 131 Å². The van der Waals surface area contributed by atoms with Gasteiger partial charge in [-0.3, -0.25) is 14.4 Å². The molecule has 0 saturated carbocycles. The molecule has 8 heteroatoms. The number of methoxy groups -OCH3 is 3. The second-order valence-electron chi connectivity index (χ2n) is 8.97. The summed E-state index contributed by atoms with van der Waals surface area (Å²) in [6.45, 7) is 0. The predicted octanol–water partition coefficient (Wildman–Crippen LogP) is 6.02. The van der Waals surface area contributed by atoms with Crippen LogP contribution >= 0.6 is 0 Å². The van der Waals surface area contributed by atoms with Gasteiger partial charge in [-0.15, -0.1) is 0 Å². The number of hydrogen-bond acceptors (Lipinski definition) is 6. The van der Waals surface area contributed by atoms with Crippen LogP contribution in [0.15, 0.2) is 109 Å². The van der Waals surface area contributed by atoms with Gasteiger partial charge in [-0.25, -0.2) is 0 Å². The van der Waals surface area contributed by atoms with Gasteiger partial charge < -0.3 is 24.8 Å². The van der Waals surface area contributed by atoms with E-state index in [2.05, 4.69) is 10.6 Å². The SMILES string of the molecule is COc1cccc(/C=C/C(=O)c2ccc(NC(=O)/C(=C/c3cccc(OC)c3OC)NC(=O)c3ccccc3)cc2)c1. The highest BCUT2D eigenvalue weighted by Gasteiger charge is 2.17. The third-order valence-electron chi connectivity index (χ3n) is 6.21. The van der Waals surface area contributed by atoms with E-state index in [4.69, 9.17) is 14.2 Å². The van der Waals surface area contributed by atoms with Crippen molar-refractivity contribution < 1.29 is 28.6 Å². The monoisotopic (exact) mass is 562 g/mol. The standard InChI is InChI=1S/C34H30N2O6/c1-40-28-13-7-9-23(21-28)15-20-30(37)24-16-18-27(19-17-24)35-34(39)29(36-33(38)25-10-5-4-6-11-25)22-26-12-8-14-31(41-2)32(26)42-3/h4-22H,1-3H3,(H,35,39)(H,36,38)/b20-15+,29-22-. The number of ether oxygens (including phenoxy) is 3. The van der Waals surface area contributed by atoms with Gasteiger partial charge in [0.15, 0.2) is 17.3 Å². The van der Waals surface area contributed by atoms with Gasteiger partial charge in [-0.1, -0.05) is 48.5 Å². The molecule has 0 spiro atoms. The number of amides is 2. The van der Waals surface area contributed by atoms with Crippen LogP contribution in [0.1, 0.15) is 31.8 Å². The fourth-order valence-electron chi connectivity index (χ4n) is 4.05. The van der Waals surface area contributed by atoms with Gasteiger partial charge in [-0.05, 0) is 72.3 Å². The Labute approximate surface area is 244 Å². The summed E-state index contributed by atoms with van der Waals surface area (Å²) in [5, 5.41) is 5.49. The Balaban J connectivity index is 1.55. The molecule has 2 N–H and O–H groups in total. The smallest absolute Gasteiger partial charge is 0.272 e. The van der Waals surface area contributed by atoms with E-state index in [1.54, 1.807) is 86.0 Å². The van der Waals surface area contributed by atoms with E-state index in [1.807, 2.05) is 24.3 Å². The average molecular weight is 563 g/mol. The Morgan fingerprint density at radius 2 is 1.45 bits per heavy atom. The first kappa shape index (κ1) is 29.4. The Hall–Kier alpha value is -5.63. The Morgan fingerprint density at radius 1 is 0.714 bits per heavy atom. The molecule has 0 atom stereocenters. The zero-order valence-electron chi connectivity index (χ0n) is 23.4. The second-order valence-corrected chi connectivity index (χ2v) is 8.97. The van der Waals surface area contributed by atoms with Crippen molar-refractivity contribution in [3.63, 3.8) is 0 Å². The minimum Gasteiger partial charge on any atom is -0.497 e. The van der Waals surface area contributed by atoms with Crippen molar-refractivity contribution in [2.75, 3.05) is 26.6 Å². The van der Waals surface area contributed by atoms with Crippen LogP contribution in [-0.2, 0) is 4.79 Å². The number of allylic oxidation sites excluding steroid dienone is 1. The van der Waals surface area contributed by atoms with Gasteiger partial charge in [0.05, 0.1) is 21.3 Å². The molecular formula is C34H30N2O6. The number of para-hydroxylation sites is 1. The van der Waals surface area contributed by atoms with E-state index >= 15 is 0 Å². The molecule has 2 amide bonds. The molecule has 0 aliphatic heterocycles. The summed E-state index contributed by atoms with van der Waals surface area (Å²) in [5.74, 6) is 0.355. The summed E-state index contributed by atoms with van der Waals surface area (Å²) in [4.78, 5) is 39.1. The van der Waals surface area contributed by atoms with E-state index in [-0.39, 0.29) is 11.5 Å².